The van der Waals surface area contributed by atoms with Crippen molar-refractivity contribution in [2.45, 2.75) is 39.5 Å². The van der Waals surface area contributed by atoms with Gasteiger partial charge in [0.05, 0.1) is 13.2 Å². The second kappa shape index (κ2) is 7.20. The number of carbonyl (C=O) groups is 2. The van der Waals surface area contributed by atoms with Crippen molar-refractivity contribution in [2.75, 3.05) is 13.2 Å². The molecule has 1 saturated carbocycles. The summed E-state index contributed by atoms with van der Waals surface area (Å²) < 4.78 is 10.6. The Balaban J connectivity index is 2.51. The van der Waals surface area contributed by atoms with Crippen molar-refractivity contribution in [3.63, 3.8) is 0 Å². The van der Waals surface area contributed by atoms with Crippen LogP contribution in [0.4, 0.5) is 0 Å². The summed E-state index contributed by atoms with van der Waals surface area (Å²) in [4.78, 5) is 25.7. The fourth-order valence-electron chi connectivity index (χ4n) is 3.80. The third kappa shape index (κ3) is 2.85. The molecule has 0 saturated heterocycles. The number of carbonyl (C=O) groups excluding carboxylic acids is 2. The summed E-state index contributed by atoms with van der Waals surface area (Å²) in [6.45, 7) is 9.74. The van der Waals surface area contributed by atoms with Crippen molar-refractivity contribution >= 4 is 11.9 Å². The standard InChI is InChI=1S/C20H26O4/c1-5-19(4)13-16(15-11-9-8-10-12-15)14-20(19,17(21)23-6-2)18(22)24-7-3/h5,8-12,16H,1,6-7,13-14H2,2-4H3. The minimum atomic E-state index is -1.35. The van der Waals surface area contributed by atoms with Crippen LogP contribution in [-0.4, -0.2) is 25.2 Å². The molecular weight excluding hydrogens is 304 g/mol. The predicted molar refractivity (Wildman–Crippen MR) is 92.4 cm³/mol. The lowest BCUT2D eigenvalue weighted by Crippen LogP contribution is -2.49. The molecule has 0 N–H and O–H groups in total. The summed E-state index contributed by atoms with van der Waals surface area (Å²) in [7, 11) is 0. The molecule has 130 valence electrons. The highest BCUT2D eigenvalue weighted by Gasteiger charge is 2.65. The highest BCUT2D eigenvalue weighted by Crippen LogP contribution is 2.60. The fraction of sp³-hybridized carbons (Fsp3) is 0.500. The maximum absolute atomic E-state index is 12.9. The van der Waals surface area contributed by atoms with Crippen molar-refractivity contribution in [1.29, 1.82) is 0 Å². The molecule has 0 heterocycles. The molecule has 4 nitrogen and oxygen atoms in total. The van der Waals surface area contributed by atoms with Crippen LogP contribution < -0.4 is 0 Å². The molecule has 2 atom stereocenters. The molecule has 2 rings (SSSR count). The van der Waals surface area contributed by atoms with Crippen LogP contribution in [0.15, 0.2) is 43.0 Å². The maximum atomic E-state index is 12.9. The third-order valence-corrected chi connectivity index (χ3v) is 5.17. The molecule has 1 fully saturated rings. The van der Waals surface area contributed by atoms with Crippen molar-refractivity contribution in [2.24, 2.45) is 10.8 Å². The molecule has 0 aromatic heterocycles. The minimum Gasteiger partial charge on any atom is -0.465 e. The van der Waals surface area contributed by atoms with Crippen LogP contribution in [-0.2, 0) is 19.1 Å². The van der Waals surface area contributed by atoms with Gasteiger partial charge in [-0.2, -0.15) is 0 Å². The Bertz CT molecular complexity index is 589. The summed E-state index contributed by atoms with van der Waals surface area (Å²) in [6, 6.07) is 9.95. The van der Waals surface area contributed by atoms with E-state index in [1.807, 2.05) is 37.3 Å². The van der Waals surface area contributed by atoms with Crippen LogP contribution in [0.3, 0.4) is 0 Å². The molecule has 1 aliphatic carbocycles. The number of ether oxygens (including phenoxy) is 2. The second-order valence-corrected chi connectivity index (χ2v) is 6.48. The van der Waals surface area contributed by atoms with E-state index in [4.69, 9.17) is 9.47 Å². The Kier molecular flexibility index (Phi) is 5.47. The third-order valence-electron chi connectivity index (χ3n) is 5.17. The molecule has 0 aliphatic heterocycles. The van der Waals surface area contributed by atoms with Crippen LogP contribution in [0.1, 0.15) is 45.1 Å². The van der Waals surface area contributed by atoms with Gasteiger partial charge < -0.3 is 9.47 Å². The van der Waals surface area contributed by atoms with Gasteiger partial charge in [-0.15, -0.1) is 6.58 Å². The molecule has 4 heteroatoms. The summed E-state index contributed by atoms with van der Waals surface area (Å²) >= 11 is 0. The molecule has 1 aromatic carbocycles. The van der Waals surface area contributed by atoms with Crippen molar-refractivity contribution < 1.29 is 19.1 Å². The van der Waals surface area contributed by atoms with Gasteiger partial charge in [-0.3, -0.25) is 9.59 Å². The van der Waals surface area contributed by atoms with Gasteiger partial charge in [0.25, 0.3) is 0 Å². The Morgan fingerprint density at radius 1 is 1.12 bits per heavy atom. The van der Waals surface area contributed by atoms with E-state index in [1.54, 1.807) is 19.9 Å². The zero-order valence-corrected chi connectivity index (χ0v) is 14.7. The van der Waals surface area contributed by atoms with E-state index < -0.39 is 22.8 Å². The molecule has 0 radical (unpaired) electrons. The van der Waals surface area contributed by atoms with Crippen LogP contribution >= 0.6 is 0 Å². The SMILES string of the molecule is C=CC1(C)CC(c2ccccc2)CC1(C(=O)OCC)C(=O)OCC. The Morgan fingerprint density at radius 2 is 1.67 bits per heavy atom. The second-order valence-electron chi connectivity index (χ2n) is 6.48. The van der Waals surface area contributed by atoms with Gasteiger partial charge in [-0.05, 0) is 38.2 Å². The van der Waals surface area contributed by atoms with E-state index >= 15 is 0 Å². The first kappa shape index (κ1) is 18.2. The van der Waals surface area contributed by atoms with Gasteiger partial charge in [0, 0.05) is 5.41 Å². The van der Waals surface area contributed by atoms with Crippen molar-refractivity contribution in [1.82, 2.24) is 0 Å². The molecule has 1 aromatic rings. The monoisotopic (exact) mass is 330 g/mol. The largest absolute Gasteiger partial charge is 0.465 e. The van der Waals surface area contributed by atoms with Gasteiger partial charge in [-0.1, -0.05) is 43.3 Å². The Hall–Kier alpha value is -2.10. The Labute approximate surface area is 143 Å². The number of hydrogen-bond acceptors (Lipinski definition) is 4. The summed E-state index contributed by atoms with van der Waals surface area (Å²) in [5.74, 6) is -0.948. The first-order chi connectivity index (χ1) is 11.4. The zero-order chi connectivity index (χ0) is 17.8. The lowest BCUT2D eigenvalue weighted by atomic mass is 9.66. The van der Waals surface area contributed by atoms with Gasteiger partial charge in [0.2, 0.25) is 0 Å². The van der Waals surface area contributed by atoms with Gasteiger partial charge in [0.15, 0.2) is 5.41 Å². The van der Waals surface area contributed by atoms with E-state index in [1.165, 1.54) is 0 Å². The van der Waals surface area contributed by atoms with Crippen LogP contribution in [0.5, 0.6) is 0 Å². The number of benzene rings is 1. The van der Waals surface area contributed by atoms with E-state index in [2.05, 4.69) is 6.58 Å². The van der Waals surface area contributed by atoms with E-state index in [-0.39, 0.29) is 19.1 Å². The average Bonchev–Trinajstić information content (AvgIpc) is 2.91. The van der Waals surface area contributed by atoms with Crippen molar-refractivity contribution in [3.05, 3.63) is 48.6 Å². The van der Waals surface area contributed by atoms with Gasteiger partial charge >= 0.3 is 11.9 Å². The predicted octanol–water partition coefficient (Wildman–Crippen LogP) is 3.87. The van der Waals surface area contributed by atoms with Crippen LogP contribution in [0, 0.1) is 10.8 Å². The van der Waals surface area contributed by atoms with E-state index in [0.29, 0.717) is 12.8 Å². The average molecular weight is 330 g/mol. The topological polar surface area (TPSA) is 52.6 Å². The van der Waals surface area contributed by atoms with Gasteiger partial charge in [0.1, 0.15) is 0 Å². The van der Waals surface area contributed by atoms with Gasteiger partial charge in [-0.25, -0.2) is 0 Å². The zero-order valence-electron chi connectivity index (χ0n) is 14.7. The fourth-order valence-corrected chi connectivity index (χ4v) is 3.80. The van der Waals surface area contributed by atoms with Crippen LogP contribution in [0.2, 0.25) is 0 Å². The smallest absolute Gasteiger partial charge is 0.324 e. The Morgan fingerprint density at radius 3 is 2.12 bits per heavy atom. The van der Waals surface area contributed by atoms with Crippen molar-refractivity contribution in [3.8, 4) is 0 Å². The van der Waals surface area contributed by atoms with Crippen LogP contribution in [0.25, 0.3) is 0 Å². The lowest BCUT2D eigenvalue weighted by Gasteiger charge is -2.37. The highest BCUT2D eigenvalue weighted by molar-refractivity contribution is 6.02. The molecule has 0 spiro atoms. The maximum Gasteiger partial charge on any atom is 0.324 e. The molecule has 0 bridgehead atoms. The molecular formula is C20H26O4. The van der Waals surface area contributed by atoms with E-state index in [9.17, 15) is 9.59 Å². The number of rotatable bonds is 6. The minimum absolute atomic E-state index is 0.0722. The summed E-state index contributed by atoms with van der Waals surface area (Å²) in [5, 5.41) is 0. The number of hydrogen-bond donors (Lipinski definition) is 0. The number of esters is 2. The first-order valence-corrected chi connectivity index (χ1v) is 8.48. The molecule has 0 amide bonds. The highest BCUT2D eigenvalue weighted by atomic mass is 16.6. The summed E-state index contributed by atoms with van der Waals surface area (Å²) in [6.07, 6.45) is 2.74. The van der Waals surface area contributed by atoms with E-state index in [0.717, 1.165) is 5.56 Å². The number of allylic oxidation sites excluding steroid dienone is 1. The quantitative estimate of drug-likeness (QED) is 0.451. The first-order valence-electron chi connectivity index (χ1n) is 8.48. The molecule has 2 unspecified atom stereocenters. The normalized spacial score (nSPS) is 25.0. The molecule has 24 heavy (non-hydrogen) atoms. The lowest BCUT2D eigenvalue weighted by molar-refractivity contribution is -0.178. The molecule has 1 aliphatic rings. The summed E-state index contributed by atoms with van der Waals surface area (Å²) in [5.41, 5.74) is -0.950.